The maximum Gasteiger partial charge on any atom is 0.513 e. The summed E-state index contributed by atoms with van der Waals surface area (Å²) in [5.74, 6) is 0.149. The van der Waals surface area contributed by atoms with Gasteiger partial charge in [0.1, 0.15) is 11.3 Å². The molecular weight excluding hydrogens is 416 g/mol. The van der Waals surface area contributed by atoms with Crippen molar-refractivity contribution >= 4 is 28.5 Å². The van der Waals surface area contributed by atoms with Crippen LogP contribution >= 0.6 is 0 Å². The molecule has 32 heavy (non-hydrogen) atoms. The first kappa shape index (κ1) is 22.8. The molecule has 0 N–H and O–H groups in total. The van der Waals surface area contributed by atoms with Gasteiger partial charge in [0.25, 0.3) is 5.69 Å². The van der Waals surface area contributed by atoms with Gasteiger partial charge in [0.05, 0.1) is 11.5 Å². The molecule has 0 saturated carbocycles. The lowest BCUT2D eigenvalue weighted by Crippen LogP contribution is -2.21. The number of nitro benzene ring substituents is 1. The molecule has 0 unspecified atom stereocenters. The van der Waals surface area contributed by atoms with Gasteiger partial charge in [-0.25, -0.2) is 9.59 Å². The Hall–Kier alpha value is -3.88. The minimum Gasteiger partial charge on any atom is -0.434 e. The van der Waals surface area contributed by atoms with Gasteiger partial charge in [-0.1, -0.05) is 0 Å². The van der Waals surface area contributed by atoms with Crippen LogP contribution in [0.5, 0.6) is 5.75 Å². The average molecular weight is 440 g/mol. The molecule has 0 amide bonds. The molecule has 0 aliphatic carbocycles. The molecule has 9 heteroatoms. The highest BCUT2D eigenvalue weighted by atomic mass is 16.7. The second-order valence-corrected chi connectivity index (χ2v) is 7.00. The van der Waals surface area contributed by atoms with E-state index in [1.807, 2.05) is 18.2 Å². The lowest BCUT2D eigenvalue weighted by atomic mass is 10.0. The summed E-state index contributed by atoms with van der Waals surface area (Å²) in [4.78, 5) is 36.1. The van der Waals surface area contributed by atoms with Gasteiger partial charge in [-0.05, 0) is 56.5 Å². The summed E-state index contributed by atoms with van der Waals surface area (Å²) < 4.78 is 15.4. The first-order valence-electron chi connectivity index (χ1n) is 10.3. The standard InChI is InChI=1S/C23H24N2O7/c1-3-24(4-2)18-9-12-20-16(14-22(26)32-21(20)15-18)6-5-13-30-23(27)31-19-10-7-17(8-11-19)25(28)29/h7-12,14-15H,3-6,13H2,1-2H3. The van der Waals surface area contributed by atoms with Gasteiger partial charge in [-0.2, -0.15) is 0 Å². The molecule has 0 bridgehead atoms. The first-order chi connectivity index (χ1) is 15.4. The highest BCUT2D eigenvalue weighted by molar-refractivity contribution is 5.83. The number of nitro groups is 1. The molecule has 0 fully saturated rings. The van der Waals surface area contributed by atoms with Crippen LogP contribution in [0.2, 0.25) is 0 Å². The molecule has 0 radical (unpaired) electrons. The van der Waals surface area contributed by atoms with Crippen molar-refractivity contribution < 1.29 is 23.6 Å². The minimum atomic E-state index is -0.903. The topological polar surface area (TPSA) is 112 Å². The summed E-state index contributed by atoms with van der Waals surface area (Å²) >= 11 is 0. The van der Waals surface area contributed by atoms with E-state index in [1.54, 1.807) is 0 Å². The second kappa shape index (κ2) is 10.4. The average Bonchev–Trinajstić information content (AvgIpc) is 2.77. The molecule has 0 spiro atoms. The third-order valence-corrected chi connectivity index (χ3v) is 5.00. The summed E-state index contributed by atoms with van der Waals surface area (Å²) in [5, 5.41) is 11.5. The van der Waals surface area contributed by atoms with Crippen LogP contribution in [-0.2, 0) is 11.2 Å². The number of hydrogen-bond donors (Lipinski definition) is 0. The van der Waals surface area contributed by atoms with Gasteiger partial charge in [-0.3, -0.25) is 10.1 Å². The van der Waals surface area contributed by atoms with Crippen molar-refractivity contribution in [2.75, 3.05) is 24.6 Å². The van der Waals surface area contributed by atoms with E-state index in [2.05, 4.69) is 18.7 Å². The first-order valence-corrected chi connectivity index (χ1v) is 10.3. The Labute approximate surface area is 184 Å². The maximum atomic E-state index is 12.0. The SMILES string of the molecule is CCN(CC)c1ccc2c(CCCOC(=O)Oc3ccc([N+](=O)[O-])cc3)cc(=O)oc2c1. The largest absolute Gasteiger partial charge is 0.513 e. The summed E-state index contributed by atoms with van der Waals surface area (Å²) in [6, 6.07) is 12.4. The van der Waals surface area contributed by atoms with E-state index in [9.17, 15) is 19.7 Å². The van der Waals surface area contributed by atoms with Crippen LogP contribution in [0.4, 0.5) is 16.2 Å². The van der Waals surface area contributed by atoms with Crippen LogP contribution in [0.1, 0.15) is 25.8 Å². The second-order valence-electron chi connectivity index (χ2n) is 7.00. The molecule has 3 rings (SSSR count). The van der Waals surface area contributed by atoms with Crippen LogP contribution in [0.25, 0.3) is 11.0 Å². The Morgan fingerprint density at radius 2 is 1.81 bits per heavy atom. The quantitative estimate of drug-likeness (QED) is 0.118. The van der Waals surface area contributed by atoms with Crippen LogP contribution < -0.4 is 15.3 Å². The number of carbonyl (C=O) groups is 1. The number of fused-ring (bicyclic) bond motifs is 1. The lowest BCUT2D eigenvalue weighted by Gasteiger charge is -2.21. The van der Waals surface area contributed by atoms with E-state index in [4.69, 9.17) is 13.9 Å². The number of carbonyl (C=O) groups excluding carboxylic acids is 1. The van der Waals surface area contributed by atoms with E-state index in [1.165, 1.54) is 30.3 Å². The normalized spacial score (nSPS) is 10.7. The van der Waals surface area contributed by atoms with Crippen LogP contribution in [-0.4, -0.2) is 30.8 Å². The number of hydrogen-bond acceptors (Lipinski definition) is 8. The summed E-state index contributed by atoms with van der Waals surface area (Å²) in [6.45, 7) is 5.91. The summed E-state index contributed by atoms with van der Waals surface area (Å²) in [5.41, 5.74) is 1.79. The Morgan fingerprint density at radius 1 is 1.09 bits per heavy atom. The number of rotatable bonds is 9. The van der Waals surface area contributed by atoms with Crippen molar-refractivity contribution in [3.05, 3.63) is 74.6 Å². The predicted molar refractivity (Wildman–Crippen MR) is 119 cm³/mol. The zero-order valence-corrected chi connectivity index (χ0v) is 17.9. The number of benzene rings is 2. The molecule has 9 nitrogen and oxygen atoms in total. The number of anilines is 1. The number of aryl methyl sites for hydroxylation is 1. The predicted octanol–water partition coefficient (Wildman–Crippen LogP) is 4.70. The number of nitrogens with zero attached hydrogens (tertiary/aromatic N) is 2. The molecule has 0 aliphatic heterocycles. The number of non-ortho nitro benzene ring substituents is 1. The van der Waals surface area contributed by atoms with Gasteiger partial charge < -0.3 is 18.8 Å². The molecule has 1 aromatic heterocycles. The molecule has 168 valence electrons. The molecule has 0 atom stereocenters. The molecule has 0 aliphatic rings. The van der Waals surface area contributed by atoms with Crippen molar-refractivity contribution in [1.82, 2.24) is 0 Å². The van der Waals surface area contributed by atoms with Gasteiger partial charge in [0.2, 0.25) is 0 Å². The zero-order valence-electron chi connectivity index (χ0n) is 17.9. The third-order valence-electron chi connectivity index (χ3n) is 5.00. The molecular formula is C23H24N2O7. The fourth-order valence-corrected chi connectivity index (χ4v) is 3.39. The van der Waals surface area contributed by atoms with Crippen molar-refractivity contribution in [1.29, 1.82) is 0 Å². The lowest BCUT2D eigenvalue weighted by molar-refractivity contribution is -0.384. The highest BCUT2D eigenvalue weighted by Gasteiger charge is 2.11. The molecule has 1 heterocycles. The van der Waals surface area contributed by atoms with Gasteiger partial charge in [0.15, 0.2) is 0 Å². The third kappa shape index (κ3) is 5.63. The van der Waals surface area contributed by atoms with E-state index in [0.717, 1.165) is 29.7 Å². The van der Waals surface area contributed by atoms with Gasteiger partial charge in [-0.15, -0.1) is 0 Å². The Kier molecular flexibility index (Phi) is 7.43. The Bertz CT molecular complexity index is 1150. The fraction of sp³-hybridized carbons (Fsp3) is 0.304. The zero-order chi connectivity index (χ0) is 23.1. The molecule has 0 saturated heterocycles. The monoisotopic (exact) mass is 440 g/mol. The van der Waals surface area contributed by atoms with Gasteiger partial charge >= 0.3 is 11.8 Å². The smallest absolute Gasteiger partial charge is 0.434 e. The van der Waals surface area contributed by atoms with E-state index >= 15 is 0 Å². The van der Waals surface area contributed by atoms with Crippen molar-refractivity contribution in [2.24, 2.45) is 0 Å². The van der Waals surface area contributed by atoms with Gasteiger partial charge in [0, 0.05) is 48.4 Å². The van der Waals surface area contributed by atoms with Crippen molar-refractivity contribution in [3.63, 3.8) is 0 Å². The summed E-state index contributed by atoms with van der Waals surface area (Å²) in [7, 11) is 0. The van der Waals surface area contributed by atoms with Crippen molar-refractivity contribution in [2.45, 2.75) is 26.7 Å². The fourth-order valence-electron chi connectivity index (χ4n) is 3.39. The highest BCUT2D eigenvalue weighted by Crippen LogP contribution is 2.24. The van der Waals surface area contributed by atoms with E-state index in [-0.39, 0.29) is 18.0 Å². The van der Waals surface area contributed by atoms with Crippen LogP contribution in [0, 0.1) is 10.1 Å². The Morgan fingerprint density at radius 3 is 2.47 bits per heavy atom. The maximum absolute atomic E-state index is 12.0. The minimum absolute atomic E-state index is 0.0884. The number of ether oxygens (including phenoxy) is 2. The van der Waals surface area contributed by atoms with E-state index in [0.29, 0.717) is 18.4 Å². The Balaban J connectivity index is 1.58. The van der Waals surface area contributed by atoms with Crippen molar-refractivity contribution in [3.8, 4) is 5.75 Å². The van der Waals surface area contributed by atoms with Crippen LogP contribution in [0.15, 0.2) is 57.7 Å². The van der Waals surface area contributed by atoms with Crippen LogP contribution in [0.3, 0.4) is 0 Å². The molecule has 3 aromatic rings. The van der Waals surface area contributed by atoms with E-state index < -0.39 is 16.7 Å². The molecule has 2 aromatic carbocycles. The summed E-state index contributed by atoms with van der Waals surface area (Å²) in [6.07, 6.45) is 0.0867.